The number of nitrogens with one attached hydrogen (secondary N) is 1. The molecule has 16 heavy (non-hydrogen) atoms. The van der Waals surface area contributed by atoms with E-state index in [-0.39, 0.29) is 12.5 Å². The number of amides is 1. The average molecular weight is 246 g/mol. The summed E-state index contributed by atoms with van der Waals surface area (Å²) < 4.78 is 0. The first-order chi connectivity index (χ1) is 7.48. The fourth-order valence-corrected chi connectivity index (χ4v) is 2.76. The molecule has 0 aromatic carbocycles. The first kappa shape index (κ1) is 13.8. The number of aliphatic hydroxyl groups is 1. The Labute approximate surface area is 101 Å². The molecule has 94 valence electrons. The summed E-state index contributed by atoms with van der Waals surface area (Å²) in [6, 6.07) is 0.465. The Morgan fingerprint density at radius 1 is 1.69 bits per heavy atom. The standard InChI is InChI=1S/C11H22N2O2S/c1-8(16-6-5-14)7-11(2,10(12)15)13-9-3-4-9/h8-9,13-14H,3-7H2,1-2H3,(H2,12,15). The number of hydrogen-bond acceptors (Lipinski definition) is 4. The normalized spacial score (nSPS) is 21.4. The number of carbonyl (C=O) groups is 1. The number of aliphatic hydroxyl groups excluding tert-OH is 1. The molecule has 5 heteroatoms. The van der Waals surface area contributed by atoms with Crippen molar-refractivity contribution in [2.45, 2.75) is 49.9 Å². The van der Waals surface area contributed by atoms with E-state index in [2.05, 4.69) is 12.2 Å². The topological polar surface area (TPSA) is 75.3 Å². The van der Waals surface area contributed by atoms with Gasteiger partial charge in [0.25, 0.3) is 0 Å². The number of rotatable bonds is 8. The Kier molecular flexibility index (Phi) is 5.08. The monoisotopic (exact) mass is 246 g/mol. The second-order valence-corrected chi connectivity index (χ2v) is 6.27. The largest absolute Gasteiger partial charge is 0.396 e. The molecule has 4 nitrogen and oxygen atoms in total. The third-order valence-electron chi connectivity index (χ3n) is 2.83. The highest BCUT2D eigenvalue weighted by Gasteiger charge is 2.37. The van der Waals surface area contributed by atoms with Crippen molar-refractivity contribution in [1.82, 2.24) is 5.32 Å². The molecule has 0 aromatic rings. The van der Waals surface area contributed by atoms with Crippen molar-refractivity contribution in [1.29, 1.82) is 0 Å². The number of hydrogen-bond donors (Lipinski definition) is 3. The van der Waals surface area contributed by atoms with E-state index in [9.17, 15) is 4.79 Å². The average Bonchev–Trinajstić information content (AvgIpc) is 2.98. The minimum Gasteiger partial charge on any atom is -0.396 e. The first-order valence-electron chi connectivity index (χ1n) is 5.78. The Bertz CT molecular complexity index is 246. The van der Waals surface area contributed by atoms with E-state index in [1.54, 1.807) is 11.8 Å². The van der Waals surface area contributed by atoms with Crippen LogP contribution in [0.15, 0.2) is 0 Å². The molecule has 2 unspecified atom stereocenters. The quantitative estimate of drug-likeness (QED) is 0.582. The van der Waals surface area contributed by atoms with E-state index in [0.29, 0.717) is 23.5 Å². The van der Waals surface area contributed by atoms with Crippen LogP contribution in [0.3, 0.4) is 0 Å². The number of carbonyl (C=O) groups excluding carboxylic acids is 1. The van der Waals surface area contributed by atoms with E-state index < -0.39 is 5.54 Å². The van der Waals surface area contributed by atoms with Crippen LogP contribution in [-0.4, -0.2) is 40.2 Å². The second kappa shape index (κ2) is 5.89. The van der Waals surface area contributed by atoms with Crippen molar-refractivity contribution in [2.75, 3.05) is 12.4 Å². The van der Waals surface area contributed by atoms with Crippen LogP contribution in [0.25, 0.3) is 0 Å². The highest BCUT2D eigenvalue weighted by Crippen LogP contribution is 2.27. The highest BCUT2D eigenvalue weighted by molar-refractivity contribution is 7.99. The Balaban J connectivity index is 2.45. The lowest BCUT2D eigenvalue weighted by atomic mass is 9.95. The molecular weight excluding hydrogens is 224 g/mol. The molecule has 0 aromatic heterocycles. The van der Waals surface area contributed by atoms with Crippen LogP contribution < -0.4 is 11.1 Å². The Hall–Kier alpha value is -0.260. The van der Waals surface area contributed by atoms with Crippen LogP contribution in [-0.2, 0) is 4.79 Å². The molecular formula is C11H22N2O2S. The van der Waals surface area contributed by atoms with Gasteiger partial charge in [0, 0.05) is 17.0 Å². The fraction of sp³-hybridized carbons (Fsp3) is 0.909. The van der Waals surface area contributed by atoms with Gasteiger partial charge in [-0.25, -0.2) is 0 Å². The summed E-state index contributed by atoms with van der Waals surface area (Å²) in [4.78, 5) is 11.5. The molecule has 0 bridgehead atoms. The van der Waals surface area contributed by atoms with E-state index in [4.69, 9.17) is 10.8 Å². The molecule has 0 saturated heterocycles. The van der Waals surface area contributed by atoms with Crippen molar-refractivity contribution in [3.63, 3.8) is 0 Å². The zero-order chi connectivity index (χ0) is 12.2. The summed E-state index contributed by atoms with van der Waals surface area (Å²) >= 11 is 1.67. The number of thioether (sulfide) groups is 1. The molecule has 4 N–H and O–H groups in total. The van der Waals surface area contributed by atoms with Crippen LogP contribution in [0.1, 0.15) is 33.1 Å². The molecule has 1 aliphatic carbocycles. The van der Waals surface area contributed by atoms with Gasteiger partial charge in [0.1, 0.15) is 0 Å². The number of nitrogens with two attached hydrogens (primary N) is 1. The lowest BCUT2D eigenvalue weighted by Gasteiger charge is -2.30. The van der Waals surface area contributed by atoms with Gasteiger partial charge in [-0.1, -0.05) is 6.92 Å². The zero-order valence-corrected chi connectivity index (χ0v) is 10.8. The predicted molar refractivity (Wildman–Crippen MR) is 67.4 cm³/mol. The summed E-state index contributed by atoms with van der Waals surface area (Å²) in [6.07, 6.45) is 2.99. The second-order valence-electron chi connectivity index (χ2n) is 4.72. The molecule has 0 heterocycles. The molecule has 1 amide bonds. The lowest BCUT2D eigenvalue weighted by Crippen LogP contribution is -2.55. The predicted octanol–water partition coefficient (Wildman–Crippen LogP) is 0.487. The molecule has 0 radical (unpaired) electrons. The maximum absolute atomic E-state index is 11.5. The Morgan fingerprint density at radius 2 is 2.31 bits per heavy atom. The zero-order valence-electron chi connectivity index (χ0n) is 10.0. The minimum atomic E-state index is -0.608. The smallest absolute Gasteiger partial charge is 0.237 e. The number of primary amides is 1. The molecule has 1 rings (SSSR count). The third-order valence-corrected chi connectivity index (χ3v) is 3.99. The van der Waals surface area contributed by atoms with Gasteiger partial charge in [-0.05, 0) is 26.2 Å². The van der Waals surface area contributed by atoms with Crippen molar-refractivity contribution >= 4 is 17.7 Å². The van der Waals surface area contributed by atoms with Crippen LogP contribution in [0.5, 0.6) is 0 Å². The maximum atomic E-state index is 11.5. The summed E-state index contributed by atoms with van der Waals surface area (Å²) in [7, 11) is 0. The van der Waals surface area contributed by atoms with Gasteiger partial charge in [-0.3, -0.25) is 4.79 Å². The van der Waals surface area contributed by atoms with Crippen LogP contribution in [0, 0.1) is 0 Å². The minimum absolute atomic E-state index is 0.179. The van der Waals surface area contributed by atoms with E-state index in [1.807, 2.05) is 6.92 Å². The van der Waals surface area contributed by atoms with E-state index in [0.717, 1.165) is 12.8 Å². The third kappa shape index (κ3) is 4.31. The molecule has 0 aliphatic heterocycles. The van der Waals surface area contributed by atoms with Crippen molar-refractivity contribution < 1.29 is 9.90 Å². The van der Waals surface area contributed by atoms with Gasteiger partial charge in [0.2, 0.25) is 5.91 Å². The Morgan fingerprint density at radius 3 is 2.75 bits per heavy atom. The van der Waals surface area contributed by atoms with Crippen molar-refractivity contribution in [2.24, 2.45) is 5.73 Å². The highest BCUT2D eigenvalue weighted by atomic mass is 32.2. The van der Waals surface area contributed by atoms with Gasteiger partial charge in [-0.2, -0.15) is 11.8 Å². The summed E-state index contributed by atoms with van der Waals surface area (Å²) in [6.45, 7) is 4.12. The van der Waals surface area contributed by atoms with Gasteiger partial charge in [0.15, 0.2) is 0 Å². The SMILES string of the molecule is CC(CC(C)(NC1CC1)C(N)=O)SCCO. The van der Waals surface area contributed by atoms with Crippen molar-refractivity contribution in [3.05, 3.63) is 0 Å². The molecule has 1 aliphatic rings. The van der Waals surface area contributed by atoms with Crippen LogP contribution >= 0.6 is 11.8 Å². The molecule has 1 saturated carbocycles. The summed E-state index contributed by atoms with van der Waals surface area (Å²) in [5.74, 6) is 0.426. The van der Waals surface area contributed by atoms with Gasteiger partial charge < -0.3 is 16.2 Å². The molecule has 2 atom stereocenters. The lowest BCUT2D eigenvalue weighted by molar-refractivity contribution is -0.124. The van der Waals surface area contributed by atoms with Gasteiger partial charge in [-0.15, -0.1) is 0 Å². The summed E-state index contributed by atoms with van der Waals surface area (Å²) in [5.41, 5.74) is 4.86. The summed E-state index contributed by atoms with van der Waals surface area (Å²) in [5, 5.41) is 12.4. The van der Waals surface area contributed by atoms with Gasteiger partial charge >= 0.3 is 0 Å². The van der Waals surface area contributed by atoms with Crippen LogP contribution in [0.2, 0.25) is 0 Å². The van der Waals surface area contributed by atoms with Gasteiger partial charge in [0.05, 0.1) is 12.1 Å². The van der Waals surface area contributed by atoms with Crippen molar-refractivity contribution in [3.8, 4) is 0 Å². The van der Waals surface area contributed by atoms with Crippen LogP contribution in [0.4, 0.5) is 0 Å². The first-order valence-corrected chi connectivity index (χ1v) is 6.83. The molecule has 0 spiro atoms. The maximum Gasteiger partial charge on any atom is 0.237 e. The van der Waals surface area contributed by atoms with E-state index >= 15 is 0 Å². The fourth-order valence-electron chi connectivity index (χ4n) is 1.80. The molecule has 1 fully saturated rings. The van der Waals surface area contributed by atoms with E-state index in [1.165, 1.54) is 0 Å².